The summed E-state index contributed by atoms with van der Waals surface area (Å²) in [5, 5.41) is 0. The second-order valence-electron chi connectivity index (χ2n) is 7.23. The van der Waals surface area contributed by atoms with Crippen LogP contribution in [0.1, 0.15) is 46.4 Å². The van der Waals surface area contributed by atoms with Gasteiger partial charge in [0.2, 0.25) is 0 Å². The molecule has 2 atom stereocenters. The average Bonchev–Trinajstić information content (AvgIpc) is 2.58. The Morgan fingerprint density at radius 2 is 1.77 bits per heavy atom. The maximum absolute atomic E-state index is 12.8. The van der Waals surface area contributed by atoms with Crippen molar-refractivity contribution in [2.75, 3.05) is 20.6 Å². The fourth-order valence-electron chi connectivity index (χ4n) is 3.43. The van der Waals surface area contributed by atoms with Gasteiger partial charge in [-0.25, -0.2) is 0 Å². The van der Waals surface area contributed by atoms with Crippen molar-refractivity contribution >= 4 is 0 Å². The highest BCUT2D eigenvalue weighted by atomic mass is 19.4. The van der Waals surface area contributed by atoms with Gasteiger partial charge in [-0.05, 0) is 56.3 Å². The van der Waals surface area contributed by atoms with Crippen LogP contribution in [-0.4, -0.2) is 25.5 Å². The fourth-order valence-corrected chi connectivity index (χ4v) is 3.43. The third-order valence-corrected chi connectivity index (χ3v) is 4.83. The molecular weight excluding hydrogens is 339 g/mol. The van der Waals surface area contributed by atoms with E-state index in [1.807, 2.05) is 14.1 Å². The zero-order valence-electron chi connectivity index (χ0n) is 15.3. The highest BCUT2D eigenvalue weighted by Gasteiger charge is 2.32. The van der Waals surface area contributed by atoms with E-state index in [1.54, 1.807) is 0 Å². The Bertz CT molecular complexity index is 753. The Morgan fingerprint density at radius 3 is 2.38 bits per heavy atom. The molecule has 0 saturated carbocycles. The summed E-state index contributed by atoms with van der Waals surface area (Å²) in [6.07, 6.45) is -3.06. The predicted molar refractivity (Wildman–Crippen MR) is 96.1 cm³/mol. The monoisotopic (exact) mass is 363 g/mol. The van der Waals surface area contributed by atoms with E-state index in [0.29, 0.717) is 6.42 Å². The summed E-state index contributed by atoms with van der Waals surface area (Å²) >= 11 is 0. The molecule has 0 radical (unpaired) electrons. The highest BCUT2D eigenvalue weighted by Crippen LogP contribution is 2.40. The lowest BCUT2D eigenvalue weighted by Gasteiger charge is -2.33. The van der Waals surface area contributed by atoms with Crippen LogP contribution in [0.15, 0.2) is 42.5 Å². The molecule has 2 aromatic carbocycles. The molecule has 0 amide bonds. The Balaban J connectivity index is 1.87. The first-order chi connectivity index (χ1) is 12.2. The van der Waals surface area contributed by atoms with Crippen LogP contribution in [0.4, 0.5) is 13.2 Å². The second kappa shape index (κ2) is 7.41. The van der Waals surface area contributed by atoms with Gasteiger partial charge >= 0.3 is 6.18 Å². The Morgan fingerprint density at radius 1 is 1.08 bits per heavy atom. The van der Waals surface area contributed by atoms with E-state index in [4.69, 9.17) is 4.74 Å². The van der Waals surface area contributed by atoms with Crippen molar-refractivity contribution in [3.05, 3.63) is 70.3 Å². The molecule has 26 heavy (non-hydrogen) atoms. The van der Waals surface area contributed by atoms with Crippen LogP contribution >= 0.6 is 0 Å². The number of fused-ring (bicyclic) bond motifs is 1. The van der Waals surface area contributed by atoms with Gasteiger partial charge in [-0.15, -0.1) is 0 Å². The third-order valence-electron chi connectivity index (χ3n) is 4.83. The van der Waals surface area contributed by atoms with Gasteiger partial charge in [0.05, 0.1) is 17.8 Å². The molecule has 5 heteroatoms. The summed E-state index contributed by atoms with van der Waals surface area (Å²) in [6, 6.07) is 11.7. The van der Waals surface area contributed by atoms with E-state index >= 15 is 0 Å². The van der Waals surface area contributed by atoms with Crippen molar-refractivity contribution in [2.24, 2.45) is 0 Å². The molecule has 0 spiro atoms. The van der Waals surface area contributed by atoms with Gasteiger partial charge in [-0.2, -0.15) is 13.2 Å². The first kappa shape index (κ1) is 18.9. The van der Waals surface area contributed by atoms with Gasteiger partial charge in [-0.1, -0.05) is 35.9 Å². The van der Waals surface area contributed by atoms with Crippen molar-refractivity contribution in [1.82, 2.24) is 4.90 Å². The number of hydrogen-bond donors (Lipinski definition) is 0. The van der Waals surface area contributed by atoms with Gasteiger partial charge < -0.3 is 9.64 Å². The van der Waals surface area contributed by atoms with E-state index < -0.39 is 11.7 Å². The number of hydrogen-bond acceptors (Lipinski definition) is 2. The number of alkyl halides is 3. The Kier molecular flexibility index (Phi) is 5.39. The van der Waals surface area contributed by atoms with Crippen LogP contribution in [0, 0.1) is 6.92 Å². The summed E-state index contributed by atoms with van der Waals surface area (Å²) in [6.45, 7) is 2.94. The topological polar surface area (TPSA) is 12.5 Å². The first-order valence-electron chi connectivity index (χ1n) is 8.81. The SMILES string of the molecule is Cc1ccc2c(c1)CC(c1ccc(C(F)(F)F)cc1)OC2CCN(C)C. The summed E-state index contributed by atoms with van der Waals surface area (Å²) in [5.74, 6) is 0. The molecule has 2 aromatic rings. The lowest BCUT2D eigenvalue weighted by atomic mass is 9.89. The quantitative estimate of drug-likeness (QED) is 0.729. The third kappa shape index (κ3) is 4.27. The van der Waals surface area contributed by atoms with E-state index in [1.165, 1.54) is 28.8 Å². The molecule has 0 fully saturated rings. The minimum absolute atomic E-state index is 0.0472. The smallest absolute Gasteiger partial charge is 0.365 e. The maximum atomic E-state index is 12.8. The predicted octanol–water partition coefficient (Wildman–Crippen LogP) is 5.32. The van der Waals surface area contributed by atoms with Gasteiger partial charge in [-0.3, -0.25) is 0 Å². The van der Waals surface area contributed by atoms with Crippen molar-refractivity contribution in [3.63, 3.8) is 0 Å². The van der Waals surface area contributed by atoms with Crippen LogP contribution in [0.25, 0.3) is 0 Å². The van der Waals surface area contributed by atoms with Crippen LogP contribution in [0.5, 0.6) is 0 Å². The lowest BCUT2D eigenvalue weighted by Crippen LogP contribution is -2.24. The molecule has 0 aliphatic carbocycles. The molecule has 2 nitrogen and oxygen atoms in total. The zero-order chi connectivity index (χ0) is 18.9. The molecule has 0 bridgehead atoms. The second-order valence-corrected chi connectivity index (χ2v) is 7.23. The number of benzene rings is 2. The minimum Gasteiger partial charge on any atom is -0.365 e. The Labute approximate surface area is 152 Å². The average molecular weight is 363 g/mol. The van der Waals surface area contributed by atoms with Crippen molar-refractivity contribution < 1.29 is 17.9 Å². The summed E-state index contributed by atoms with van der Waals surface area (Å²) in [5.41, 5.74) is 3.77. The summed E-state index contributed by atoms with van der Waals surface area (Å²) in [4.78, 5) is 2.11. The van der Waals surface area contributed by atoms with Gasteiger partial charge in [0.15, 0.2) is 0 Å². The Hall–Kier alpha value is -1.85. The number of ether oxygens (including phenoxy) is 1. The highest BCUT2D eigenvalue weighted by molar-refractivity contribution is 5.37. The van der Waals surface area contributed by atoms with Crippen LogP contribution in [-0.2, 0) is 17.3 Å². The molecule has 1 aliphatic heterocycles. The molecule has 2 unspecified atom stereocenters. The van der Waals surface area contributed by atoms with Gasteiger partial charge in [0, 0.05) is 13.0 Å². The summed E-state index contributed by atoms with van der Waals surface area (Å²) in [7, 11) is 4.04. The molecule has 140 valence electrons. The van der Waals surface area contributed by atoms with E-state index in [-0.39, 0.29) is 12.2 Å². The maximum Gasteiger partial charge on any atom is 0.416 e. The summed E-state index contributed by atoms with van der Waals surface area (Å²) < 4.78 is 44.7. The van der Waals surface area contributed by atoms with Crippen molar-refractivity contribution in [3.8, 4) is 0 Å². The number of rotatable bonds is 4. The largest absolute Gasteiger partial charge is 0.416 e. The molecule has 1 heterocycles. The van der Waals surface area contributed by atoms with E-state index in [2.05, 4.69) is 30.0 Å². The van der Waals surface area contributed by atoms with E-state index in [9.17, 15) is 13.2 Å². The van der Waals surface area contributed by atoms with Gasteiger partial charge in [0.25, 0.3) is 0 Å². The van der Waals surface area contributed by atoms with Gasteiger partial charge in [0.1, 0.15) is 0 Å². The molecule has 3 rings (SSSR count). The van der Waals surface area contributed by atoms with Crippen molar-refractivity contribution in [1.29, 1.82) is 0 Å². The minimum atomic E-state index is -4.32. The number of halogens is 3. The molecule has 0 N–H and O–H groups in total. The lowest BCUT2D eigenvalue weighted by molar-refractivity contribution is -0.137. The number of nitrogens with zero attached hydrogens (tertiary/aromatic N) is 1. The van der Waals surface area contributed by atoms with Crippen LogP contribution in [0.3, 0.4) is 0 Å². The first-order valence-corrected chi connectivity index (χ1v) is 8.81. The fraction of sp³-hybridized carbons (Fsp3) is 0.429. The van der Waals surface area contributed by atoms with Crippen LogP contribution < -0.4 is 0 Å². The van der Waals surface area contributed by atoms with E-state index in [0.717, 1.165) is 30.7 Å². The number of aryl methyl sites for hydroxylation is 1. The standard InChI is InChI=1S/C21H24F3NO/c1-14-4-9-18-16(12-14)13-20(26-19(18)10-11-25(2)3)15-5-7-17(8-6-15)21(22,23)24/h4-9,12,19-20H,10-11,13H2,1-3H3. The van der Waals surface area contributed by atoms with Crippen molar-refractivity contribution in [2.45, 2.75) is 38.1 Å². The molecule has 1 aliphatic rings. The zero-order valence-corrected chi connectivity index (χ0v) is 15.3. The molecule has 0 saturated heterocycles. The van der Waals surface area contributed by atoms with Crippen LogP contribution in [0.2, 0.25) is 0 Å². The molecule has 0 aromatic heterocycles. The molecular formula is C21H24F3NO. The normalized spacial score (nSPS) is 20.3.